The molecule has 0 aromatic rings. The van der Waals surface area contributed by atoms with E-state index in [1.54, 1.807) is 0 Å². The number of ether oxygens (including phenoxy) is 2. The first-order chi connectivity index (χ1) is 6.66. The Labute approximate surface area is 81.8 Å². The second-order valence-electron chi connectivity index (χ2n) is 3.52. The van der Waals surface area contributed by atoms with E-state index >= 15 is 0 Å². The summed E-state index contributed by atoms with van der Waals surface area (Å²) in [5.74, 6) is -0.498. The number of carbonyl (C=O) groups is 1. The quantitative estimate of drug-likeness (QED) is 0.490. The third-order valence-electron chi connectivity index (χ3n) is 2.36. The van der Waals surface area contributed by atoms with E-state index in [2.05, 4.69) is 4.74 Å². The van der Waals surface area contributed by atoms with E-state index in [4.69, 9.17) is 4.74 Å². The molecule has 0 bridgehead atoms. The second kappa shape index (κ2) is 3.55. The number of aliphatic hydroxyl groups excluding tert-OH is 1. The number of hydrogen-bond acceptors (Lipinski definition) is 4. The lowest BCUT2D eigenvalue weighted by Crippen LogP contribution is -2.26. The van der Waals surface area contributed by atoms with Crippen LogP contribution in [0.5, 0.6) is 0 Å². The summed E-state index contributed by atoms with van der Waals surface area (Å²) in [6.07, 6.45) is 2.69. The summed E-state index contributed by atoms with van der Waals surface area (Å²) in [4.78, 5) is 10.8. The van der Waals surface area contributed by atoms with Gasteiger partial charge in [0.1, 0.15) is 0 Å². The molecule has 2 aliphatic heterocycles. The molecule has 2 aliphatic rings. The van der Waals surface area contributed by atoms with E-state index in [0.717, 1.165) is 0 Å². The largest absolute Gasteiger partial charge is 0.429 e. The highest BCUT2D eigenvalue weighted by atomic mass is 16.6. The van der Waals surface area contributed by atoms with Gasteiger partial charge in [0, 0.05) is 11.6 Å². The SMILES string of the molecule is CC1=CC[C@@H](C2=CC(=O)OC2O)OC1. The molecule has 14 heavy (non-hydrogen) atoms. The van der Waals surface area contributed by atoms with Crippen LogP contribution in [0.2, 0.25) is 0 Å². The van der Waals surface area contributed by atoms with Crippen molar-refractivity contribution in [1.29, 1.82) is 0 Å². The molecule has 1 N–H and O–H groups in total. The first-order valence-corrected chi connectivity index (χ1v) is 4.54. The highest BCUT2D eigenvalue weighted by Gasteiger charge is 2.31. The molecule has 0 aromatic carbocycles. The van der Waals surface area contributed by atoms with Crippen molar-refractivity contribution >= 4 is 5.97 Å². The topological polar surface area (TPSA) is 55.8 Å². The summed E-state index contributed by atoms with van der Waals surface area (Å²) >= 11 is 0. The molecule has 0 radical (unpaired) electrons. The molecule has 2 heterocycles. The molecule has 0 aliphatic carbocycles. The fourth-order valence-corrected chi connectivity index (χ4v) is 1.57. The van der Waals surface area contributed by atoms with Gasteiger partial charge in [-0.1, -0.05) is 11.6 Å². The monoisotopic (exact) mass is 196 g/mol. The van der Waals surface area contributed by atoms with Gasteiger partial charge in [0.05, 0.1) is 12.7 Å². The summed E-state index contributed by atoms with van der Waals surface area (Å²) < 4.78 is 10.0. The molecule has 0 amide bonds. The standard InChI is InChI=1S/C10H12O4/c1-6-2-3-8(13-5-6)7-4-9(11)14-10(7)12/h2,4,8,10,12H,3,5H2,1H3/t8-,10?/m0/s1. The third kappa shape index (κ3) is 1.71. The zero-order valence-corrected chi connectivity index (χ0v) is 7.90. The molecule has 4 heteroatoms. The zero-order chi connectivity index (χ0) is 10.1. The summed E-state index contributed by atoms with van der Waals surface area (Å²) in [5, 5.41) is 9.37. The van der Waals surface area contributed by atoms with Gasteiger partial charge in [-0.3, -0.25) is 0 Å². The van der Waals surface area contributed by atoms with Crippen LogP contribution in [0.3, 0.4) is 0 Å². The third-order valence-corrected chi connectivity index (χ3v) is 2.36. The minimum Gasteiger partial charge on any atom is -0.429 e. The molecule has 76 valence electrons. The van der Waals surface area contributed by atoms with Gasteiger partial charge in [-0.25, -0.2) is 4.79 Å². The Kier molecular flexibility index (Phi) is 2.39. The van der Waals surface area contributed by atoms with E-state index in [1.165, 1.54) is 11.6 Å². The molecular weight excluding hydrogens is 184 g/mol. The number of aliphatic hydroxyl groups is 1. The first kappa shape index (κ1) is 9.43. The Hall–Kier alpha value is -1.13. The zero-order valence-electron chi connectivity index (χ0n) is 7.90. The van der Waals surface area contributed by atoms with Crippen LogP contribution in [0, 0.1) is 0 Å². The molecule has 2 rings (SSSR count). The summed E-state index contributed by atoms with van der Waals surface area (Å²) in [6, 6.07) is 0. The van der Waals surface area contributed by atoms with E-state index in [1.807, 2.05) is 13.0 Å². The second-order valence-corrected chi connectivity index (χ2v) is 3.52. The molecule has 0 aromatic heterocycles. The van der Waals surface area contributed by atoms with Crippen LogP contribution in [0.25, 0.3) is 0 Å². The van der Waals surface area contributed by atoms with Crippen molar-refractivity contribution in [2.24, 2.45) is 0 Å². The maximum atomic E-state index is 10.8. The molecular formula is C10H12O4. The van der Waals surface area contributed by atoms with E-state index in [0.29, 0.717) is 18.6 Å². The number of hydrogen-bond donors (Lipinski definition) is 1. The lowest BCUT2D eigenvalue weighted by atomic mass is 10.0. The van der Waals surface area contributed by atoms with Crippen molar-refractivity contribution in [2.75, 3.05) is 6.61 Å². The highest BCUT2D eigenvalue weighted by molar-refractivity contribution is 5.85. The van der Waals surface area contributed by atoms with Crippen molar-refractivity contribution in [2.45, 2.75) is 25.7 Å². The van der Waals surface area contributed by atoms with Crippen molar-refractivity contribution in [1.82, 2.24) is 0 Å². The smallest absolute Gasteiger partial charge is 0.333 e. The van der Waals surface area contributed by atoms with Gasteiger partial charge in [0.25, 0.3) is 0 Å². The van der Waals surface area contributed by atoms with Crippen LogP contribution in [0.4, 0.5) is 0 Å². The summed E-state index contributed by atoms with van der Waals surface area (Å²) in [7, 11) is 0. The first-order valence-electron chi connectivity index (χ1n) is 4.54. The highest BCUT2D eigenvalue weighted by Crippen LogP contribution is 2.25. The van der Waals surface area contributed by atoms with Gasteiger partial charge in [-0.15, -0.1) is 0 Å². The Bertz CT molecular complexity index is 316. The Morgan fingerprint density at radius 1 is 1.57 bits per heavy atom. The van der Waals surface area contributed by atoms with Crippen molar-refractivity contribution < 1.29 is 19.4 Å². The molecule has 0 fully saturated rings. The van der Waals surface area contributed by atoms with Gasteiger partial charge in [-0.05, 0) is 13.3 Å². The summed E-state index contributed by atoms with van der Waals surface area (Å²) in [6.45, 7) is 2.53. The van der Waals surface area contributed by atoms with Gasteiger partial charge in [0.2, 0.25) is 6.29 Å². The predicted octanol–water partition coefficient (Wildman–Crippen LogP) is 0.523. The van der Waals surface area contributed by atoms with Crippen LogP contribution < -0.4 is 0 Å². The van der Waals surface area contributed by atoms with Gasteiger partial charge in [0.15, 0.2) is 0 Å². The van der Waals surface area contributed by atoms with Gasteiger partial charge < -0.3 is 14.6 Å². The number of cyclic esters (lactones) is 1. The Balaban J connectivity index is 2.10. The van der Waals surface area contributed by atoms with Crippen molar-refractivity contribution in [3.63, 3.8) is 0 Å². The average Bonchev–Trinajstić information content (AvgIpc) is 2.47. The molecule has 0 spiro atoms. The van der Waals surface area contributed by atoms with Crippen molar-refractivity contribution in [3.05, 3.63) is 23.3 Å². The number of esters is 1. The molecule has 2 atom stereocenters. The fraction of sp³-hybridized carbons (Fsp3) is 0.500. The van der Waals surface area contributed by atoms with Crippen LogP contribution in [-0.4, -0.2) is 30.1 Å². The van der Waals surface area contributed by atoms with Crippen LogP contribution in [0.1, 0.15) is 13.3 Å². The van der Waals surface area contributed by atoms with Crippen LogP contribution in [-0.2, 0) is 14.3 Å². The summed E-state index contributed by atoms with van der Waals surface area (Å²) in [5.41, 5.74) is 1.69. The average molecular weight is 196 g/mol. The number of carbonyl (C=O) groups excluding carboxylic acids is 1. The molecule has 4 nitrogen and oxygen atoms in total. The van der Waals surface area contributed by atoms with E-state index < -0.39 is 12.3 Å². The minimum atomic E-state index is -1.13. The van der Waals surface area contributed by atoms with E-state index in [-0.39, 0.29) is 6.10 Å². The van der Waals surface area contributed by atoms with E-state index in [9.17, 15) is 9.90 Å². The molecule has 0 saturated heterocycles. The lowest BCUT2D eigenvalue weighted by Gasteiger charge is -2.23. The molecule has 0 saturated carbocycles. The van der Waals surface area contributed by atoms with Gasteiger partial charge in [-0.2, -0.15) is 0 Å². The molecule has 1 unspecified atom stereocenters. The Morgan fingerprint density at radius 2 is 2.36 bits per heavy atom. The van der Waals surface area contributed by atoms with Gasteiger partial charge >= 0.3 is 5.97 Å². The minimum absolute atomic E-state index is 0.222. The normalized spacial score (nSPS) is 32.3. The maximum Gasteiger partial charge on any atom is 0.333 e. The maximum absolute atomic E-state index is 10.8. The lowest BCUT2D eigenvalue weighted by molar-refractivity contribution is -0.152. The fourth-order valence-electron chi connectivity index (χ4n) is 1.57. The number of rotatable bonds is 1. The predicted molar refractivity (Wildman–Crippen MR) is 48.3 cm³/mol. The van der Waals surface area contributed by atoms with Crippen LogP contribution >= 0.6 is 0 Å². The van der Waals surface area contributed by atoms with Crippen molar-refractivity contribution in [3.8, 4) is 0 Å². The Morgan fingerprint density at radius 3 is 2.86 bits per heavy atom. The van der Waals surface area contributed by atoms with Crippen LogP contribution in [0.15, 0.2) is 23.3 Å².